The van der Waals surface area contributed by atoms with E-state index in [1.54, 1.807) is 14.2 Å². The first kappa shape index (κ1) is 19.7. The van der Waals surface area contributed by atoms with Gasteiger partial charge in [0.15, 0.2) is 5.82 Å². The van der Waals surface area contributed by atoms with E-state index in [0.717, 1.165) is 30.4 Å². The van der Waals surface area contributed by atoms with Gasteiger partial charge in [-0.15, -0.1) is 0 Å². The van der Waals surface area contributed by atoms with Gasteiger partial charge in [-0.2, -0.15) is 0 Å². The van der Waals surface area contributed by atoms with Crippen molar-refractivity contribution < 1.29 is 13.9 Å². The van der Waals surface area contributed by atoms with Gasteiger partial charge in [-0.1, -0.05) is 6.07 Å². The predicted molar refractivity (Wildman–Crippen MR) is 114 cm³/mol. The number of hydrogen-bond donors (Lipinski definition) is 0. The van der Waals surface area contributed by atoms with Crippen LogP contribution in [0.1, 0.15) is 23.7 Å². The number of ether oxygens (including phenoxy) is 2. The topological polar surface area (TPSA) is 69.5 Å². The molecule has 2 atom stereocenters. The predicted octanol–water partition coefficient (Wildman–Crippen LogP) is 2.88. The molecule has 7 nitrogen and oxygen atoms in total. The van der Waals surface area contributed by atoms with E-state index in [-0.39, 0.29) is 23.3 Å². The molecule has 3 aromatic rings. The summed E-state index contributed by atoms with van der Waals surface area (Å²) in [5, 5.41) is 0. The Morgan fingerprint density at radius 2 is 2.13 bits per heavy atom. The van der Waals surface area contributed by atoms with Gasteiger partial charge in [0.1, 0.15) is 11.9 Å². The minimum absolute atomic E-state index is 0.0327. The first-order valence-electron chi connectivity index (χ1n) is 10.3. The van der Waals surface area contributed by atoms with Crippen LogP contribution in [-0.2, 0) is 18.2 Å². The lowest BCUT2D eigenvalue weighted by Gasteiger charge is -2.45. The molecule has 1 aromatic carbocycles. The molecule has 0 radical (unpaired) electrons. The highest BCUT2D eigenvalue weighted by Gasteiger charge is 2.39. The second-order valence-electron chi connectivity index (χ2n) is 7.85. The molecular weight excluding hydrogens is 399 g/mol. The molecule has 1 saturated heterocycles. The van der Waals surface area contributed by atoms with E-state index in [1.807, 2.05) is 6.07 Å². The Labute approximate surface area is 179 Å². The molecule has 0 N–H and O–H groups in total. The van der Waals surface area contributed by atoms with Crippen molar-refractivity contribution in [3.63, 3.8) is 0 Å². The van der Waals surface area contributed by atoms with Gasteiger partial charge in [0, 0.05) is 31.4 Å². The lowest BCUT2D eigenvalue weighted by atomic mass is 9.84. The number of aromatic nitrogens is 3. The van der Waals surface area contributed by atoms with Crippen LogP contribution in [0.4, 0.5) is 10.3 Å². The minimum atomic E-state index is -0.505. The van der Waals surface area contributed by atoms with Gasteiger partial charge in [0.25, 0.3) is 5.56 Å². The summed E-state index contributed by atoms with van der Waals surface area (Å²) >= 11 is 0. The molecule has 1 aliphatic carbocycles. The molecule has 2 aliphatic rings. The molecule has 0 spiro atoms. The summed E-state index contributed by atoms with van der Waals surface area (Å²) in [7, 11) is 3.36. The number of anilines is 1. The molecule has 5 rings (SSSR count). The summed E-state index contributed by atoms with van der Waals surface area (Å²) in [4.78, 5) is 23.4. The molecule has 160 valence electrons. The van der Waals surface area contributed by atoms with Crippen LogP contribution >= 0.6 is 0 Å². The van der Waals surface area contributed by atoms with E-state index in [1.165, 1.54) is 28.5 Å². The van der Waals surface area contributed by atoms with Crippen molar-refractivity contribution in [1.82, 2.24) is 14.5 Å². The molecule has 3 heterocycles. The first-order chi connectivity index (χ1) is 15.1. The van der Waals surface area contributed by atoms with Crippen LogP contribution in [0.25, 0.3) is 11.3 Å². The van der Waals surface area contributed by atoms with E-state index >= 15 is 0 Å². The Morgan fingerprint density at radius 3 is 2.94 bits per heavy atom. The van der Waals surface area contributed by atoms with Gasteiger partial charge < -0.3 is 14.4 Å². The third-order valence-electron chi connectivity index (χ3n) is 6.16. The fourth-order valence-electron chi connectivity index (χ4n) is 4.58. The maximum absolute atomic E-state index is 14.3. The van der Waals surface area contributed by atoms with Crippen molar-refractivity contribution in [2.75, 3.05) is 25.2 Å². The van der Waals surface area contributed by atoms with Crippen LogP contribution in [0.2, 0.25) is 0 Å². The Balaban J connectivity index is 1.56. The number of benzene rings is 1. The maximum Gasteiger partial charge on any atom is 0.255 e. The number of nitrogens with zero attached hydrogens (tertiary/aromatic N) is 4. The summed E-state index contributed by atoms with van der Waals surface area (Å²) in [6.07, 6.45) is 4.23. The van der Waals surface area contributed by atoms with Crippen molar-refractivity contribution in [2.24, 2.45) is 7.05 Å². The van der Waals surface area contributed by atoms with Crippen LogP contribution in [0, 0.1) is 5.82 Å². The van der Waals surface area contributed by atoms with Crippen molar-refractivity contribution in [3.05, 3.63) is 70.0 Å². The molecule has 1 aliphatic heterocycles. The summed E-state index contributed by atoms with van der Waals surface area (Å²) < 4.78 is 27.4. The molecule has 0 saturated carbocycles. The number of hydrogen-bond acceptors (Lipinski definition) is 6. The fourth-order valence-corrected chi connectivity index (χ4v) is 4.58. The van der Waals surface area contributed by atoms with E-state index in [0.29, 0.717) is 24.8 Å². The van der Waals surface area contributed by atoms with Gasteiger partial charge in [-0.25, -0.2) is 9.37 Å². The van der Waals surface area contributed by atoms with Crippen LogP contribution < -0.4 is 15.2 Å². The van der Waals surface area contributed by atoms with Crippen molar-refractivity contribution in [3.8, 4) is 17.0 Å². The van der Waals surface area contributed by atoms with E-state index < -0.39 is 5.82 Å². The lowest BCUT2D eigenvalue weighted by Crippen LogP contribution is -2.51. The third-order valence-corrected chi connectivity index (χ3v) is 6.16. The van der Waals surface area contributed by atoms with Gasteiger partial charge in [0.05, 0.1) is 31.6 Å². The van der Waals surface area contributed by atoms with Crippen molar-refractivity contribution in [1.29, 1.82) is 0 Å². The lowest BCUT2D eigenvalue weighted by molar-refractivity contribution is 0.00172. The Morgan fingerprint density at radius 1 is 1.26 bits per heavy atom. The highest BCUT2D eigenvalue weighted by atomic mass is 19.1. The van der Waals surface area contributed by atoms with Gasteiger partial charge >= 0.3 is 0 Å². The average Bonchev–Trinajstić information content (AvgIpc) is 2.80. The highest BCUT2D eigenvalue weighted by Crippen LogP contribution is 2.40. The zero-order valence-corrected chi connectivity index (χ0v) is 17.4. The van der Waals surface area contributed by atoms with E-state index in [9.17, 15) is 9.18 Å². The smallest absolute Gasteiger partial charge is 0.255 e. The van der Waals surface area contributed by atoms with Gasteiger partial charge in [-0.05, 0) is 42.2 Å². The molecule has 8 heteroatoms. The quantitative estimate of drug-likeness (QED) is 0.647. The average molecular weight is 422 g/mol. The summed E-state index contributed by atoms with van der Waals surface area (Å²) in [6.45, 7) is 1.12. The van der Waals surface area contributed by atoms with Crippen LogP contribution in [0.3, 0.4) is 0 Å². The summed E-state index contributed by atoms with van der Waals surface area (Å²) in [5.74, 6) is 0.851. The number of fused-ring (bicyclic) bond motifs is 3. The maximum atomic E-state index is 14.3. The number of pyridine rings is 1. The molecular formula is C23H23FN4O3. The highest BCUT2D eigenvalue weighted by molar-refractivity contribution is 5.60. The summed E-state index contributed by atoms with van der Waals surface area (Å²) in [5.41, 5.74) is 2.70. The minimum Gasteiger partial charge on any atom is -0.497 e. The standard InChI is InChI=1S/C23H23FN4O3/c1-27-21(29)12-19(17-7-8-25-13-18(17)24)26-23(27)28-9-10-31-22-16-5-4-15(30-2)11-14(16)3-6-20(22)28/h4-5,7-8,11-13,20,22H,3,6,9-10H2,1-2H3/t20-,22+/m1/s1. The molecule has 0 bridgehead atoms. The molecule has 31 heavy (non-hydrogen) atoms. The van der Waals surface area contributed by atoms with E-state index in [4.69, 9.17) is 14.5 Å². The Bertz CT molecular complexity index is 1200. The van der Waals surface area contributed by atoms with Gasteiger partial charge in [0.2, 0.25) is 5.95 Å². The molecule has 0 amide bonds. The van der Waals surface area contributed by atoms with Crippen LogP contribution in [0.5, 0.6) is 5.75 Å². The molecule has 0 unspecified atom stereocenters. The second-order valence-corrected chi connectivity index (χ2v) is 7.85. The first-order valence-corrected chi connectivity index (χ1v) is 10.3. The second kappa shape index (κ2) is 7.77. The van der Waals surface area contributed by atoms with Crippen LogP contribution in [0.15, 0.2) is 47.5 Å². The largest absolute Gasteiger partial charge is 0.497 e. The Kier molecular flexibility index (Phi) is 4.94. The number of morpholine rings is 1. The number of methoxy groups -OCH3 is 1. The van der Waals surface area contributed by atoms with Crippen molar-refractivity contribution >= 4 is 5.95 Å². The molecule has 2 aromatic heterocycles. The third kappa shape index (κ3) is 3.37. The Hall–Kier alpha value is -3.26. The normalized spacial score (nSPS) is 20.2. The van der Waals surface area contributed by atoms with Crippen molar-refractivity contribution in [2.45, 2.75) is 25.0 Å². The zero-order valence-electron chi connectivity index (χ0n) is 17.4. The fraction of sp³-hybridized carbons (Fsp3) is 0.348. The summed E-state index contributed by atoms with van der Waals surface area (Å²) in [6, 6.07) is 9.00. The number of aryl methyl sites for hydroxylation is 1. The molecule has 1 fully saturated rings. The zero-order chi connectivity index (χ0) is 21.5. The van der Waals surface area contributed by atoms with Gasteiger partial charge in [-0.3, -0.25) is 14.3 Å². The number of rotatable bonds is 3. The van der Waals surface area contributed by atoms with Crippen LogP contribution in [-0.4, -0.2) is 40.8 Å². The monoisotopic (exact) mass is 422 g/mol. The SMILES string of the molecule is COc1ccc2c(c1)CC[C@@H]1[C@H]2OCCN1c1nc(-c2ccncc2F)cc(=O)n1C. The number of halogens is 1. The van der Waals surface area contributed by atoms with E-state index in [2.05, 4.69) is 22.0 Å².